The molecule has 0 bridgehead atoms. The average Bonchev–Trinajstić information content (AvgIpc) is 2.60. The summed E-state index contributed by atoms with van der Waals surface area (Å²) in [7, 11) is 0. The van der Waals surface area contributed by atoms with Crippen LogP contribution in [0.25, 0.3) is 5.69 Å². The van der Waals surface area contributed by atoms with Gasteiger partial charge < -0.3 is 0 Å². The number of alkyl halides is 1. The Morgan fingerprint density at radius 2 is 2.27 bits per heavy atom. The van der Waals surface area contributed by atoms with E-state index in [0.717, 1.165) is 11.3 Å². The number of hydrogen-bond donors (Lipinski definition) is 0. The molecule has 0 N–H and O–H groups in total. The van der Waals surface area contributed by atoms with Crippen LogP contribution in [0, 0.1) is 12.7 Å². The summed E-state index contributed by atoms with van der Waals surface area (Å²) in [6.45, 7) is 1.88. The van der Waals surface area contributed by atoms with E-state index in [1.807, 2.05) is 13.1 Å². The number of benzene rings is 1. The van der Waals surface area contributed by atoms with Gasteiger partial charge in [0, 0.05) is 11.8 Å². The molecule has 0 spiro atoms. The van der Waals surface area contributed by atoms with Gasteiger partial charge in [-0.2, -0.15) is 5.10 Å². The molecular weight excluding hydrogens is 215 g/mol. The summed E-state index contributed by atoms with van der Waals surface area (Å²) in [6, 6.07) is 6.29. The molecule has 0 unspecified atom stereocenters. The number of aryl methyl sites for hydroxylation is 1. The Hall–Kier alpha value is -1.35. The molecule has 0 fully saturated rings. The van der Waals surface area contributed by atoms with E-state index >= 15 is 0 Å². The molecule has 0 saturated carbocycles. The molecule has 2 aromatic rings. The Morgan fingerprint density at radius 3 is 2.87 bits per heavy atom. The van der Waals surface area contributed by atoms with Crippen molar-refractivity contribution in [3.63, 3.8) is 0 Å². The molecule has 2 rings (SSSR count). The average molecular weight is 225 g/mol. The minimum Gasteiger partial charge on any atom is -0.240 e. The zero-order chi connectivity index (χ0) is 10.8. The third kappa shape index (κ3) is 2.02. The third-order valence-corrected chi connectivity index (χ3v) is 2.51. The third-order valence-electron chi connectivity index (χ3n) is 2.22. The summed E-state index contributed by atoms with van der Waals surface area (Å²) >= 11 is 5.74. The molecule has 0 atom stereocenters. The number of aromatic nitrogens is 2. The zero-order valence-electron chi connectivity index (χ0n) is 8.24. The van der Waals surface area contributed by atoms with E-state index in [4.69, 9.17) is 11.6 Å². The van der Waals surface area contributed by atoms with Crippen molar-refractivity contribution in [2.75, 3.05) is 0 Å². The molecule has 1 aromatic heterocycles. The van der Waals surface area contributed by atoms with Gasteiger partial charge in [-0.1, -0.05) is 6.07 Å². The van der Waals surface area contributed by atoms with E-state index in [1.165, 1.54) is 12.1 Å². The molecule has 4 heteroatoms. The molecule has 1 heterocycles. The molecule has 0 amide bonds. The van der Waals surface area contributed by atoms with Gasteiger partial charge in [0.2, 0.25) is 0 Å². The Bertz CT molecular complexity index is 479. The fourth-order valence-electron chi connectivity index (χ4n) is 1.38. The van der Waals surface area contributed by atoms with Crippen LogP contribution in [-0.4, -0.2) is 9.78 Å². The lowest BCUT2D eigenvalue weighted by atomic mass is 10.3. The van der Waals surface area contributed by atoms with Crippen LogP contribution in [0.1, 0.15) is 11.3 Å². The van der Waals surface area contributed by atoms with Gasteiger partial charge in [-0.25, -0.2) is 9.07 Å². The smallest absolute Gasteiger partial charge is 0.125 e. The highest BCUT2D eigenvalue weighted by atomic mass is 35.5. The van der Waals surface area contributed by atoms with Gasteiger partial charge in [-0.3, -0.25) is 0 Å². The van der Waals surface area contributed by atoms with E-state index in [-0.39, 0.29) is 5.82 Å². The first kappa shape index (κ1) is 10.2. The lowest BCUT2D eigenvalue weighted by Gasteiger charge is -1.99. The van der Waals surface area contributed by atoms with Crippen LogP contribution < -0.4 is 0 Å². The molecule has 0 aliphatic carbocycles. The van der Waals surface area contributed by atoms with Gasteiger partial charge in [-0.05, 0) is 25.1 Å². The Morgan fingerprint density at radius 1 is 1.47 bits per heavy atom. The first-order chi connectivity index (χ1) is 7.20. The SMILES string of the molecule is Cc1nn(-c2cccc(F)c2)cc1CCl. The second-order valence-electron chi connectivity index (χ2n) is 3.30. The summed E-state index contributed by atoms with van der Waals surface area (Å²) in [6.07, 6.45) is 1.82. The van der Waals surface area contributed by atoms with Crippen molar-refractivity contribution < 1.29 is 4.39 Å². The van der Waals surface area contributed by atoms with E-state index < -0.39 is 0 Å². The lowest BCUT2D eigenvalue weighted by Crippen LogP contribution is -1.94. The maximum Gasteiger partial charge on any atom is 0.125 e. The van der Waals surface area contributed by atoms with Gasteiger partial charge in [-0.15, -0.1) is 11.6 Å². The highest BCUT2D eigenvalue weighted by Gasteiger charge is 2.05. The van der Waals surface area contributed by atoms with Gasteiger partial charge in [0.25, 0.3) is 0 Å². The van der Waals surface area contributed by atoms with Crippen molar-refractivity contribution >= 4 is 11.6 Å². The first-order valence-electron chi connectivity index (χ1n) is 4.58. The predicted molar refractivity (Wildman–Crippen MR) is 57.8 cm³/mol. The Labute approximate surface area is 92.3 Å². The van der Waals surface area contributed by atoms with E-state index in [9.17, 15) is 4.39 Å². The summed E-state index contributed by atoms with van der Waals surface area (Å²) in [4.78, 5) is 0. The van der Waals surface area contributed by atoms with Crippen molar-refractivity contribution in [1.29, 1.82) is 0 Å². The highest BCUT2D eigenvalue weighted by molar-refractivity contribution is 6.17. The normalized spacial score (nSPS) is 10.6. The topological polar surface area (TPSA) is 17.8 Å². The quantitative estimate of drug-likeness (QED) is 0.717. The number of nitrogens with zero attached hydrogens (tertiary/aromatic N) is 2. The van der Waals surface area contributed by atoms with E-state index in [2.05, 4.69) is 5.10 Å². The second-order valence-corrected chi connectivity index (χ2v) is 3.57. The van der Waals surface area contributed by atoms with Crippen LogP contribution in [0.3, 0.4) is 0 Å². The summed E-state index contributed by atoms with van der Waals surface area (Å²) in [5.74, 6) is 0.148. The van der Waals surface area contributed by atoms with Crippen LogP contribution in [0.4, 0.5) is 4.39 Å². The van der Waals surface area contributed by atoms with Gasteiger partial charge in [0.05, 0.1) is 17.3 Å². The monoisotopic (exact) mass is 224 g/mol. The maximum absolute atomic E-state index is 13.0. The molecule has 0 aliphatic heterocycles. The minimum absolute atomic E-state index is 0.270. The molecule has 0 aliphatic rings. The van der Waals surface area contributed by atoms with Crippen LogP contribution in [0.15, 0.2) is 30.5 Å². The van der Waals surface area contributed by atoms with Crippen LogP contribution in [0.5, 0.6) is 0 Å². The van der Waals surface area contributed by atoms with Gasteiger partial charge in [0.1, 0.15) is 5.82 Å². The minimum atomic E-state index is -0.270. The molecule has 0 saturated heterocycles. The van der Waals surface area contributed by atoms with Gasteiger partial charge >= 0.3 is 0 Å². The van der Waals surface area contributed by atoms with Crippen molar-refractivity contribution in [3.05, 3.63) is 47.5 Å². The Balaban J connectivity index is 2.45. The predicted octanol–water partition coefficient (Wildman–Crippen LogP) is 3.06. The van der Waals surface area contributed by atoms with Gasteiger partial charge in [0.15, 0.2) is 0 Å². The second kappa shape index (κ2) is 4.03. The standard InChI is InChI=1S/C11H10ClFN2/c1-8-9(6-12)7-15(14-8)11-4-2-3-10(13)5-11/h2-5,7H,6H2,1H3. The summed E-state index contributed by atoms with van der Waals surface area (Å²) in [5.41, 5.74) is 2.53. The fourth-order valence-corrected chi connectivity index (χ4v) is 1.64. The highest BCUT2D eigenvalue weighted by Crippen LogP contribution is 2.14. The molecule has 2 nitrogen and oxygen atoms in total. The summed E-state index contributed by atoms with van der Waals surface area (Å²) in [5, 5.41) is 4.26. The van der Waals surface area contributed by atoms with Crippen molar-refractivity contribution in [3.8, 4) is 5.69 Å². The summed E-state index contributed by atoms with van der Waals surface area (Å²) < 4.78 is 14.6. The number of hydrogen-bond acceptors (Lipinski definition) is 1. The van der Waals surface area contributed by atoms with Crippen LogP contribution in [0.2, 0.25) is 0 Å². The van der Waals surface area contributed by atoms with Crippen molar-refractivity contribution in [2.45, 2.75) is 12.8 Å². The lowest BCUT2D eigenvalue weighted by molar-refractivity contribution is 0.625. The maximum atomic E-state index is 13.0. The largest absolute Gasteiger partial charge is 0.240 e. The Kier molecular flexibility index (Phi) is 2.73. The van der Waals surface area contributed by atoms with Crippen LogP contribution in [-0.2, 0) is 5.88 Å². The first-order valence-corrected chi connectivity index (χ1v) is 5.11. The van der Waals surface area contributed by atoms with Crippen LogP contribution >= 0.6 is 11.6 Å². The molecular formula is C11H10ClFN2. The molecule has 78 valence electrons. The molecule has 0 radical (unpaired) electrons. The fraction of sp³-hybridized carbons (Fsp3) is 0.182. The van der Waals surface area contributed by atoms with Crippen molar-refractivity contribution in [1.82, 2.24) is 9.78 Å². The number of rotatable bonds is 2. The van der Waals surface area contributed by atoms with E-state index in [0.29, 0.717) is 11.6 Å². The van der Waals surface area contributed by atoms with Crippen molar-refractivity contribution in [2.24, 2.45) is 0 Å². The number of halogens is 2. The zero-order valence-corrected chi connectivity index (χ0v) is 9.00. The molecule has 15 heavy (non-hydrogen) atoms. The van der Waals surface area contributed by atoms with E-state index in [1.54, 1.807) is 16.8 Å². The molecule has 1 aromatic carbocycles.